The lowest BCUT2D eigenvalue weighted by Gasteiger charge is -2.13. The van der Waals surface area contributed by atoms with Gasteiger partial charge in [0, 0.05) is 21.5 Å². The van der Waals surface area contributed by atoms with E-state index in [9.17, 15) is 15.8 Å². The Labute approximate surface area is 286 Å². The van der Waals surface area contributed by atoms with Gasteiger partial charge >= 0.3 is 0 Å². The first-order chi connectivity index (χ1) is 24.6. The molecule has 9 rings (SSSR count). The van der Waals surface area contributed by atoms with Gasteiger partial charge in [0.1, 0.15) is 22.3 Å². The molecule has 0 aliphatic heterocycles. The average molecular weight is 638 g/mol. The smallest absolute Gasteiger partial charge is 0.135 e. The molecule has 0 saturated carbocycles. The normalized spacial score (nSPS) is 11.1. The Morgan fingerprint density at radius 1 is 0.340 bits per heavy atom. The third kappa shape index (κ3) is 4.77. The lowest BCUT2D eigenvalue weighted by Crippen LogP contribution is -1.90. The Morgan fingerprint density at radius 3 is 1.32 bits per heavy atom. The summed E-state index contributed by atoms with van der Waals surface area (Å²) >= 11 is 0. The topological polar surface area (TPSA) is 97.7 Å². The van der Waals surface area contributed by atoms with Gasteiger partial charge in [-0.3, -0.25) is 0 Å². The van der Waals surface area contributed by atoms with E-state index in [1.54, 1.807) is 12.1 Å². The average Bonchev–Trinajstić information content (AvgIpc) is 3.74. The van der Waals surface area contributed by atoms with Crippen molar-refractivity contribution in [3.63, 3.8) is 0 Å². The zero-order chi connectivity index (χ0) is 33.8. The van der Waals surface area contributed by atoms with E-state index in [0.29, 0.717) is 16.7 Å². The van der Waals surface area contributed by atoms with E-state index in [-0.39, 0.29) is 0 Å². The maximum absolute atomic E-state index is 10.4. The fourth-order valence-electron chi connectivity index (χ4n) is 6.87. The molecule has 0 bridgehead atoms. The molecule has 50 heavy (non-hydrogen) atoms. The molecule has 0 fully saturated rings. The van der Waals surface area contributed by atoms with Crippen LogP contribution in [0.15, 0.2) is 148 Å². The highest BCUT2D eigenvalue weighted by Crippen LogP contribution is 2.40. The van der Waals surface area contributed by atoms with E-state index >= 15 is 0 Å². The SMILES string of the molecule is N#Cc1ccc2oc3ccc(-c4cc(-c5ccc6oc7ccc(C#N)cc7c6c5)cc(-c5ccc(-c6ccccc6)cc5C#N)c4)cc3c2c1. The summed E-state index contributed by atoms with van der Waals surface area (Å²) in [5.41, 5.74) is 12.3. The van der Waals surface area contributed by atoms with Crippen molar-refractivity contribution in [3.05, 3.63) is 156 Å². The predicted molar refractivity (Wildman–Crippen MR) is 197 cm³/mol. The van der Waals surface area contributed by atoms with Gasteiger partial charge in [-0.25, -0.2) is 0 Å². The van der Waals surface area contributed by atoms with Crippen molar-refractivity contribution >= 4 is 43.9 Å². The van der Waals surface area contributed by atoms with Crippen LogP contribution < -0.4 is 0 Å². The number of hydrogen-bond donors (Lipinski definition) is 0. The van der Waals surface area contributed by atoms with Crippen molar-refractivity contribution < 1.29 is 8.83 Å². The number of hydrogen-bond acceptors (Lipinski definition) is 5. The summed E-state index contributed by atoms with van der Waals surface area (Å²) in [6.07, 6.45) is 0. The van der Waals surface area contributed by atoms with Crippen LogP contribution in [-0.4, -0.2) is 0 Å². The molecular formula is C45H23N3O2. The summed E-state index contributed by atoms with van der Waals surface area (Å²) < 4.78 is 12.2. The molecule has 0 aliphatic carbocycles. The van der Waals surface area contributed by atoms with E-state index in [1.165, 1.54) is 0 Å². The Morgan fingerprint density at radius 2 is 0.800 bits per heavy atom. The van der Waals surface area contributed by atoms with Crippen LogP contribution >= 0.6 is 0 Å². The van der Waals surface area contributed by atoms with Gasteiger partial charge in [0.25, 0.3) is 0 Å². The number of benzene rings is 7. The summed E-state index contributed by atoms with van der Waals surface area (Å²) in [6.45, 7) is 0. The van der Waals surface area contributed by atoms with Crippen LogP contribution in [0.4, 0.5) is 0 Å². The summed E-state index contributed by atoms with van der Waals surface area (Å²) in [6, 6.07) is 52.5. The van der Waals surface area contributed by atoms with Gasteiger partial charge in [0.05, 0.1) is 34.9 Å². The fraction of sp³-hybridized carbons (Fsp3) is 0. The van der Waals surface area contributed by atoms with Crippen molar-refractivity contribution in [3.8, 4) is 62.7 Å². The Hall–Kier alpha value is -7.39. The van der Waals surface area contributed by atoms with E-state index in [4.69, 9.17) is 8.83 Å². The third-order valence-electron chi connectivity index (χ3n) is 9.35. The first kappa shape index (κ1) is 28.8. The van der Waals surface area contributed by atoms with Crippen LogP contribution in [0, 0.1) is 34.0 Å². The van der Waals surface area contributed by atoms with Gasteiger partial charge in [0.2, 0.25) is 0 Å². The molecule has 2 heterocycles. The van der Waals surface area contributed by atoms with E-state index < -0.39 is 0 Å². The summed E-state index contributed by atoms with van der Waals surface area (Å²) in [5.74, 6) is 0. The minimum absolute atomic E-state index is 0.571. The molecular weight excluding hydrogens is 615 g/mol. The van der Waals surface area contributed by atoms with E-state index in [1.807, 2.05) is 91.0 Å². The van der Waals surface area contributed by atoms with E-state index in [0.717, 1.165) is 88.4 Å². The second kappa shape index (κ2) is 11.4. The molecule has 0 unspecified atom stereocenters. The lowest BCUT2D eigenvalue weighted by molar-refractivity contribution is 0.668. The first-order valence-electron chi connectivity index (χ1n) is 16.1. The van der Waals surface area contributed by atoms with Crippen molar-refractivity contribution in [1.82, 2.24) is 0 Å². The van der Waals surface area contributed by atoms with E-state index in [2.05, 4.69) is 54.6 Å². The molecule has 0 atom stereocenters. The Kier molecular flexibility index (Phi) is 6.56. The standard InChI is InChI=1S/C45H23N3O2/c46-24-27-6-12-42-38(16-27)40-22-31(9-14-44(40)49-42)33-19-34(32-10-15-45-41(23-32)39-17-28(25-47)7-13-43(39)50-45)21-35(20-33)37-11-8-30(18-36(37)26-48)29-4-2-1-3-5-29/h1-23H. The van der Waals surface area contributed by atoms with Gasteiger partial charge in [0.15, 0.2) is 0 Å². The van der Waals surface area contributed by atoms with Gasteiger partial charge in [-0.05, 0) is 129 Å². The van der Waals surface area contributed by atoms with Crippen LogP contribution in [0.5, 0.6) is 0 Å². The van der Waals surface area contributed by atoms with Gasteiger partial charge < -0.3 is 8.83 Å². The second-order valence-corrected chi connectivity index (χ2v) is 12.3. The quantitative estimate of drug-likeness (QED) is 0.191. The highest BCUT2D eigenvalue weighted by molar-refractivity contribution is 6.08. The molecule has 9 aromatic rings. The molecule has 0 saturated heterocycles. The Bertz CT molecular complexity index is 2810. The maximum atomic E-state index is 10.4. The number of furan rings is 2. The third-order valence-corrected chi connectivity index (χ3v) is 9.35. The molecule has 5 nitrogen and oxygen atoms in total. The van der Waals surface area contributed by atoms with Gasteiger partial charge in [-0.15, -0.1) is 0 Å². The Balaban J connectivity index is 1.26. The molecule has 0 amide bonds. The summed E-state index contributed by atoms with van der Waals surface area (Å²) in [4.78, 5) is 0. The summed E-state index contributed by atoms with van der Waals surface area (Å²) in [5, 5.41) is 33.1. The highest BCUT2D eigenvalue weighted by atomic mass is 16.3. The predicted octanol–water partition coefficient (Wildman–Crippen LogP) is 11.8. The minimum Gasteiger partial charge on any atom is -0.456 e. The molecule has 7 aromatic carbocycles. The van der Waals surface area contributed by atoms with Crippen molar-refractivity contribution in [2.24, 2.45) is 0 Å². The highest BCUT2D eigenvalue weighted by Gasteiger charge is 2.16. The van der Waals surface area contributed by atoms with Crippen LogP contribution in [0.2, 0.25) is 0 Å². The molecule has 0 aliphatic rings. The molecule has 2 aromatic heterocycles. The van der Waals surface area contributed by atoms with Crippen LogP contribution in [0.3, 0.4) is 0 Å². The lowest BCUT2D eigenvalue weighted by atomic mass is 9.90. The van der Waals surface area contributed by atoms with Crippen LogP contribution in [0.25, 0.3) is 88.4 Å². The van der Waals surface area contributed by atoms with Gasteiger partial charge in [-0.2, -0.15) is 15.8 Å². The van der Waals surface area contributed by atoms with Gasteiger partial charge in [-0.1, -0.05) is 54.6 Å². The number of fused-ring (bicyclic) bond motifs is 6. The molecule has 0 N–H and O–H groups in total. The van der Waals surface area contributed by atoms with Crippen LogP contribution in [-0.2, 0) is 0 Å². The second-order valence-electron chi connectivity index (χ2n) is 12.3. The molecule has 0 spiro atoms. The number of nitrogens with zero attached hydrogens (tertiary/aromatic N) is 3. The minimum atomic E-state index is 0.571. The fourth-order valence-corrected chi connectivity index (χ4v) is 6.87. The van der Waals surface area contributed by atoms with Crippen molar-refractivity contribution in [1.29, 1.82) is 15.8 Å². The largest absolute Gasteiger partial charge is 0.456 e. The zero-order valence-electron chi connectivity index (χ0n) is 26.4. The zero-order valence-corrected chi connectivity index (χ0v) is 26.4. The number of rotatable bonds is 4. The number of nitriles is 3. The van der Waals surface area contributed by atoms with Crippen molar-refractivity contribution in [2.45, 2.75) is 0 Å². The summed E-state index contributed by atoms with van der Waals surface area (Å²) in [7, 11) is 0. The first-order valence-corrected chi connectivity index (χ1v) is 16.1. The maximum Gasteiger partial charge on any atom is 0.135 e. The van der Waals surface area contributed by atoms with Crippen LogP contribution in [0.1, 0.15) is 16.7 Å². The molecule has 0 radical (unpaired) electrons. The van der Waals surface area contributed by atoms with Crippen molar-refractivity contribution in [2.75, 3.05) is 0 Å². The molecule has 5 heteroatoms. The monoisotopic (exact) mass is 637 g/mol. The molecule has 230 valence electrons.